The van der Waals surface area contributed by atoms with E-state index in [4.69, 9.17) is 14.0 Å². The Balaban J connectivity index is 1.66. The van der Waals surface area contributed by atoms with Gasteiger partial charge in [-0.15, -0.1) is 0 Å². The summed E-state index contributed by atoms with van der Waals surface area (Å²) in [5.41, 5.74) is 1.21. The number of carbonyl (C=O) groups is 3. The molecule has 1 heterocycles. The molecule has 12 nitrogen and oxygen atoms in total. The molecule has 3 rings (SSSR count). The summed E-state index contributed by atoms with van der Waals surface area (Å²) in [7, 11) is -4.58. The van der Waals surface area contributed by atoms with Crippen LogP contribution in [0.4, 0.5) is 0 Å². The van der Waals surface area contributed by atoms with Gasteiger partial charge < -0.3 is 29.6 Å². The number of nitrogens with zero attached hydrogens (tertiary/aromatic N) is 1. The van der Waals surface area contributed by atoms with Crippen molar-refractivity contribution in [3.05, 3.63) is 72.0 Å². The summed E-state index contributed by atoms with van der Waals surface area (Å²) in [6.45, 7) is 5.96. The second-order valence-corrected chi connectivity index (χ2v) is 12.0. The lowest BCUT2D eigenvalue weighted by atomic mass is 9.90. The Morgan fingerprint density at radius 3 is 2.42 bits per heavy atom. The molecule has 0 spiro atoms. The fourth-order valence-electron chi connectivity index (χ4n) is 4.87. The largest absolute Gasteiger partial charge is 0.494 e. The van der Waals surface area contributed by atoms with Crippen LogP contribution in [0.1, 0.15) is 69.0 Å². The van der Waals surface area contributed by atoms with Crippen LogP contribution < -0.4 is 20.7 Å². The first kappa shape index (κ1) is 35.5. The average molecular weight is 644 g/mol. The van der Waals surface area contributed by atoms with E-state index in [1.165, 1.54) is 29.3 Å². The van der Waals surface area contributed by atoms with E-state index in [0.717, 1.165) is 24.8 Å². The third kappa shape index (κ3) is 10.6. The highest BCUT2D eigenvalue weighted by atomic mass is 31.2. The molecule has 244 valence electrons. The lowest BCUT2D eigenvalue weighted by molar-refractivity contribution is -0.200. The standard InChI is InChI=1S/C32H42N3O9P/c1-4-7-9-14-27(28(5-2)35(22-36)43-20-23-12-10-8-11-13-23)31(37)33-21-34-32(38)30-16-15-29(44-30)24-17-25(42-6-3)19-26(18-24)45(39,40)41/h8,10-13,15-19,22,27-28H,4-7,9,14,20-21H2,1-3H3,(H,33,37)(H,34,38)(H2,39,40,41)/t27?,28-/m1/s1. The molecule has 45 heavy (non-hydrogen) atoms. The summed E-state index contributed by atoms with van der Waals surface area (Å²) in [6, 6.07) is 15.9. The first-order valence-corrected chi connectivity index (χ1v) is 16.6. The van der Waals surface area contributed by atoms with Crippen LogP contribution in [0.25, 0.3) is 11.3 Å². The number of amides is 3. The first-order valence-electron chi connectivity index (χ1n) is 15.0. The fraction of sp³-hybridized carbons (Fsp3) is 0.406. The maximum Gasteiger partial charge on any atom is 0.356 e. The highest BCUT2D eigenvalue weighted by molar-refractivity contribution is 7.60. The normalized spacial score (nSPS) is 12.6. The Hall–Kier alpha value is -3.96. The molecule has 3 aromatic rings. The van der Waals surface area contributed by atoms with Gasteiger partial charge in [-0.3, -0.25) is 23.8 Å². The summed E-state index contributed by atoms with van der Waals surface area (Å²) in [5.74, 6) is -1.12. The summed E-state index contributed by atoms with van der Waals surface area (Å²) in [6.07, 6.45) is 4.28. The third-order valence-corrected chi connectivity index (χ3v) is 8.09. The van der Waals surface area contributed by atoms with E-state index >= 15 is 0 Å². The van der Waals surface area contributed by atoms with Crippen molar-refractivity contribution >= 4 is 31.1 Å². The molecule has 0 bridgehead atoms. The van der Waals surface area contributed by atoms with Crippen LogP contribution in [-0.4, -0.2) is 52.4 Å². The van der Waals surface area contributed by atoms with Gasteiger partial charge in [-0.05, 0) is 55.7 Å². The molecule has 1 aromatic heterocycles. The monoisotopic (exact) mass is 643 g/mol. The average Bonchev–Trinajstić information content (AvgIpc) is 3.53. The highest BCUT2D eigenvalue weighted by Gasteiger charge is 2.32. The number of furan rings is 1. The van der Waals surface area contributed by atoms with Gasteiger partial charge in [0.15, 0.2) is 5.76 Å². The molecule has 0 radical (unpaired) electrons. The molecular weight excluding hydrogens is 601 g/mol. The van der Waals surface area contributed by atoms with Gasteiger partial charge in [0.2, 0.25) is 12.3 Å². The van der Waals surface area contributed by atoms with Crippen LogP contribution in [0.15, 0.2) is 65.1 Å². The second-order valence-electron chi connectivity index (χ2n) is 10.4. The molecular formula is C32H42N3O9P. The van der Waals surface area contributed by atoms with Crippen molar-refractivity contribution in [2.45, 2.75) is 65.5 Å². The second kappa shape index (κ2) is 17.5. The van der Waals surface area contributed by atoms with Crippen LogP contribution in [0.5, 0.6) is 5.75 Å². The number of rotatable bonds is 19. The van der Waals surface area contributed by atoms with Crippen molar-refractivity contribution in [2.24, 2.45) is 5.92 Å². The number of unbranched alkanes of at least 4 members (excludes halogenated alkanes) is 2. The van der Waals surface area contributed by atoms with Gasteiger partial charge in [0.25, 0.3) is 5.91 Å². The van der Waals surface area contributed by atoms with E-state index in [1.807, 2.05) is 37.3 Å². The Labute approximate surface area is 263 Å². The predicted molar refractivity (Wildman–Crippen MR) is 168 cm³/mol. The van der Waals surface area contributed by atoms with Crippen LogP contribution in [0.2, 0.25) is 0 Å². The molecule has 2 aromatic carbocycles. The van der Waals surface area contributed by atoms with E-state index in [-0.39, 0.29) is 48.4 Å². The summed E-state index contributed by atoms with van der Waals surface area (Å²) in [5, 5.41) is 6.32. The Kier molecular flexibility index (Phi) is 13.8. The molecule has 1 unspecified atom stereocenters. The Morgan fingerprint density at radius 2 is 1.78 bits per heavy atom. The smallest absolute Gasteiger partial charge is 0.356 e. The zero-order valence-corrected chi connectivity index (χ0v) is 26.7. The van der Waals surface area contributed by atoms with Crippen molar-refractivity contribution in [1.82, 2.24) is 15.7 Å². The van der Waals surface area contributed by atoms with Gasteiger partial charge in [0.1, 0.15) is 18.1 Å². The predicted octanol–water partition coefficient (Wildman–Crippen LogP) is 4.52. The highest BCUT2D eigenvalue weighted by Crippen LogP contribution is 2.37. The van der Waals surface area contributed by atoms with Crippen molar-refractivity contribution in [2.75, 3.05) is 13.3 Å². The first-order chi connectivity index (χ1) is 21.6. The number of hydrogen-bond acceptors (Lipinski definition) is 7. The van der Waals surface area contributed by atoms with E-state index < -0.39 is 25.5 Å². The molecule has 0 saturated heterocycles. The van der Waals surface area contributed by atoms with Crippen LogP contribution in [0.3, 0.4) is 0 Å². The van der Waals surface area contributed by atoms with Crippen LogP contribution in [0, 0.1) is 5.92 Å². The maximum atomic E-state index is 13.4. The Morgan fingerprint density at radius 1 is 1.02 bits per heavy atom. The van der Waals surface area contributed by atoms with Gasteiger partial charge in [0, 0.05) is 5.56 Å². The lowest BCUT2D eigenvalue weighted by Crippen LogP contribution is -2.48. The van der Waals surface area contributed by atoms with Crippen LogP contribution >= 0.6 is 7.60 Å². The number of hydroxylamine groups is 2. The molecule has 13 heteroatoms. The number of carbonyl (C=O) groups excluding carboxylic acids is 3. The van der Waals surface area contributed by atoms with E-state index in [9.17, 15) is 28.7 Å². The minimum absolute atomic E-state index is 0.0637. The molecule has 4 N–H and O–H groups in total. The van der Waals surface area contributed by atoms with Gasteiger partial charge in [-0.1, -0.05) is 63.4 Å². The Bertz CT molecular complexity index is 1440. The number of hydrogen-bond donors (Lipinski definition) is 4. The minimum Gasteiger partial charge on any atom is -0.494 e. The number of nitrogens with one attached hydrogen (secondary N) is 2. The van der Waals surface area contributed by atoms with E-state index in [1.54, 1.807) is 13.0 Å². The van der Waals surface area contributed by atoms with Gasteiger partial charge in [-0.2, -0.15) is 0 Å². The molecule has 2 atom stereocenters. The van der Waals surface area contributed by atoms with Gasteiger partial charge in [-0.25, -0.2) is 5.06 Å². The quantitative estimate of drug-likeness (QED) is 0.0483. The summed E-state index contributed by atoms with van der Waals surface area (Å²) in [4.78, 5) is 63.4. The third-order valence-electron chi connectivity index (χ3n) is 7.16. The summed E-state index contributed by atoms with van der Waals surface area (Å²) >= 11 is 0. The number of benzene rings is 2. The van der Waals surface area contributed by atoms with Crippen LogP contribution in [-0.2, 0) is 25.6 Å². The van der Waals surface area contributed by atoms with Crippen molar-refractivity contribution < 1.29 is 42.7 Å². The molecule has 0 aliphatic rings. The summed E-state index contributed by atoms with van der Waals surface area (Å²) < 4.78 is 23.0. The molecule has 0 saturated carbocycles. The zero-order valence-electron chi connectivity index (χ0n) is 25.8. The zero-order chi connectivity index (χ0) is 32.8. The molecule has 3 amide bonds. The van der Waals surface area contributed by atoms with Gasteiger partial charge in [0.05, 0.1) is 30.5 Å². The molecule has 0 fully saturated rings. The van der Waals surface area contributed by atoms with Gasteiger partial charge >= 0.3 is 7.60 Å². The number of ether oxygens (including phenoxy) is 1. The van der Waals surface area contributed by atoms with Crippen molar-refractivity contribution in [3.8, 4) is 17.1 Å². The van der Waals surface area contributed by atoms with Crippen molar-refractivity contribution in [1.29, 1.82) is 0 Å². The molecule has 0 aliphatic heterocycles. The SMILES string of the molecule is CCCCCC(C(=O)NCNC(=O)c1ccc(-c2cc(OCC)cc(P(=O)(O)O)c2)o1)[C@@H](CC)N(C=O)OCc1ccccc1. The van der Waals surface area contributed by atoms with E-state index in [0.29, 0.717) is 24.8 Å². The topological polar surface area (TPSA) is 168 Å². The van der Waals surface area contributed by atoms with Crippen molar-refractivity contribution in [3.63, 3.8) is 0 Å². The fourth-order valence-corrected chi connectivity index (χ4v) is 5.47. The van der Waals surface area contributed by atoms with E-state index in [2.05, 4.69) is 17.6 Å². The molecule has 0 aliphatic carbocycles. The maximum absolute atomic E-state index is 13.4. The lowest BCUT2D eigenvalue weighted by Gasteiger charge is -2.32. The minimum atomic E-state index is -4.58.